The van der Waals surface area contributed by atoms with Crippen LogP contribution in [0.2, 0.25) is 0 Å². The van der Waals surface area contributed by atoms with E-state index in [0.717, 1.165) is 12.8 Å². The lowest BCUT2D eigenvalue weighted by atomic mass is 10.3. The van der Waals surface area contributed by atoms with E-state index in [0.29, 0.717) is 24.0 Å². The molecule has 1 amide bonds. The summed E-state index contributed by atoms with van der Waals surface area (Å²) in [7, 11) is -3.28. The number of amides is 1. The van der Waals surface area contributed by atoms with Crippen molar-refractivity contribution in [3.05, 3.63) is 24.3 Å². The van der Waals surface area contributed by atoms with Crippen molar-refractivity contribution in [3.8, 4) is 5.75 Å². The summed E-state index contributed by atoms with van der Waals surface area (Å²) in [5, 5.41) is 2.83. The van der Waals surface area contributed by atoms with Crippen LogP contribution < -0.4 is 14.4 Å². The Hall–Kier alpha value is -1.76. The predicted octanol–water partition coefficient (Wildman–Crippen LogP) is 1.13. The summed E-state index contributed by atoms with van der Waals surface area (Å²) in [4.78, 5) is 11.5. The summed E-state index contributed by atoms with van der Waals surface area (Å²) in [5.74, 6) is 0.405. The van der Waals surface area contributed by atoms with Crippen LogP contribution in [-0.4, -0.2) is 39.8 Å². The standard InChI is InChI=1S/C14H20N2O4S/c1-3-16(21(2,18)19)12-6-8-13(9-7-12)20-10-14(17)15-11-4-5-11/h6-9,11H,3-5,10H2,1-2H3,(H,15,17). The third-order valence-electron chi connectivity index (χ3n) is 3.12. The van der Waals surface area contributed by atoms with Crippen molar-refractivity contribution in [1.82, 2.24) is 5.32 Å². The van der Waals surface area contributed by atoms with Gasteiger partial charge in [0.2, 0.25) is 10.0 Å². The highest BCUT2D eigenvalue weighted by atomic mass is 32.2. The van der Waals surface area contributed by atoms with Crippen molar-refractivity contribution >= 4 is 21.6 Å². The highest BCUT2D eigenvalue weighted by molar-refractivity contribution is 7.92. The number of sulfonamides is 1. The van der Waals surface area contributed by atoms with Crippen molar-refractivity contribution in [3.63, 3.8) is 0 Å². The molecular weight excluding hydrogens is 292 g/mol. The molecule has 21 heavy (non-hydrogen) atoms. The van der Waals surface area contributed by atoms with E-state index >= 15 is 0 Å². The Balaban J connectivity index is 1.93. The summed E-state index contributed by atoms with van der Waals surface area (Å²) < 4.78 is 29.9. The zero-order valence-electron chi connectivity index (χ0n) is 12.2. The number of carbonyl (C=O) groups is 1. The molecule has 0 aliphatic heterocycles. The molecule has 1 aliphatic carbocycles. The van der Waals surface area contributed by atoms with Gasteiger partial charge < -0.3 is 10.1 Å². The smallest absolute Gasteiger partial charge is 0.258 e. The number of ether oxygens (including phenoxy) is 1. The van der Waals surface area contributed by atoms with Gasteiger partial charge in [-0.15, -0.1) is 0 Å². The van der Waals surface area contributed by atoms with Gasteiger partial charge in [-0.05, 0) is 44.0 Å². The van der Waals surface area contributed by atoms with Crippen LogP contribution in [0.25, 0.3) is 0 Å². The molecule has 7 heteroatoms. The fourth-order valence-corrected chi connectivity index (χ4v) is 2.94. The maximum Gasteiger partial charge on any atom is 0.258 e. The monoisotopic (exact) mass is 312 g/mol. The van der Waals surface area contributed by atoms with E-state index in [1.807, 2.05) is 0 Å². The van der Waals surface area contributed by atoms with Gasteiger partial charge in [0, 0.05) is 12.6 Å². The summed E-state index contributed by atoms with van der Waals surface area (Å²) in [5.41, 5.74) is 0.579. The van der Waals surface area contributed by atoms with Gasteiger partial charge in [0.15, 0.2) is 6.61 Å². The van der Waals surface area contributed by atoms with Gasteiger partial charge in [-0.2, -0.15) is 0 Å². The molecule has 1 fully saturated rings. The molecule has 1 N–H and O–H groups in total. The van der Waals surface area contributed by atoms with Gasteiger partial charge in [0.25, 0.3) is 5.91 Å². The fraction of sp³-hybridized carbons (Fsp3) is 0.500. The lowest BCUT2D eigenvalue weighted by Gasteiger charge is -2.20. The van der Waals surface area contributed by atoms with Crippen molar-refractivity contribution in [1.29, 1.82) is 0 Å². The minimum Gasteiger partial charge on any atom is -0.484 e. The number of carbonyl (C=O) groups excluding carboxylic acids is 1. The minimum atomic E-state index is -3.28. The van der Waals surface area contributed by atoms with Gasteiger partial charge in [0.1, 0.15) is 5.75 Å². The van der Waals surface area contributed by atoms with Crippen LogP contribution in [0, 0.1) is 0 Å². The van der Waals surface area contributed by atoms with E-state index in [2.05, 4.69) is 5.32 Å². The number of hydrogen-bond donors (Lipinski definition) is 1. The first kappa shape index (κ1) is 15.6. The maximum atomic E-state index is 11.6. The zero-order chi connectivity index (χ0) is 15.5. The summed E-state index contributed by atoms with van der Waals surface area (Å²) in [6.45, 7) is 2.11. The van der Waals surface area contributed by atoms with Gasteiger partial charge in [-0.3, -0.25) is 9.10 Å². The highest BCUT2D eigenvalue weighted by Crippen LogP contribution is 2.21. The van der Waals surface area contributed by atoms with Crippen molar-refractivity contribution in [2.24, 2.45) is 0 Å². The Morgan fingerprint density at radius 2 is 1.95 bits per heavy atom. The van der Waals surface area contributed by atoms with Crippen LogP contribution in [0.4, 0.5) is 5.69 Å². The molecule has 0 atom stereocenters. The van der Waals surface area contributed by atoms with E-state index in [9.17, 15) is 13.2 Å². The molecule has 1 saturated carbocycles. The molecule has 0 heterocycles. The lowest BCUT2D eigenvalue weighted by Crippen LogP contribution is -2.30. The number of hydrogen-bond acceptors (Lipinski definition) is 4. The minimum absolute atomic E-state index is 0.0284. The lowest BCUT2D eigenvalue weighted by molar-refractivity contribution is -0.123. The highest BCUT2D eigenvalue weighted by Gasteiger charge is 2.23. The van der Waals surface area contributed by atoms with Crippen LogP contribution >= 0.6 is 0 Å². The number of rotatable bonds is 7. The topological polar surface area (TPSA) is 75.7 Å². The largest absolute Gasteiger partial charge is 0.484 e. The molecule has 0 bridgehead atoms. The van der Waals surface area contributed by atoms with Crippen molar-refractivity contribution in [2.75, 3.05) is 23.7 Å². The Morgan fingerprint density at radius 3 is 2.43 bits per heavy atom. The number of nitrogens with one attached hydrogen (secondary N) is 1. The molecule has 0 radical (unpaired) electrons. The molecule has 1 aliphatic rings. The second kappa shape index (κ2) is 6.34. The van der Waals surface area contributed by atoms with E-state index in [1.54, 1.807) is 31.2 Å². The normalized spacial score (nSPS) is 14.6. The summed E-state index contributed by atoms with van der Waals surface area (Å²) in [6.07, 6.45) is 3.25. The number of nitrogens with zero attached hydrogens (tertiary/aromatic N) is 1. The average Bonchev–Trinajstić information content (AvgIpc) is 3.21. The first-order valence-electron chi connectivity index (χ1n) is 6.90. The number of benzene rings is 1. The molecule has 1 aromatic carbocycles. The Bertz CT molecular complexity index is 594. The first-order valence-corrected chi connectivity index (χ1v) is 8.75. The molecule has 0 spiro atoms. The zero-order valence-corrected chi connectivity index (χ0v) is 13.0. The van der Waals surface area contributed by atoms with E-state index < -0.39 is 10.0 Å². The third kappa shape index (κ3) is 4.63. The van der Waals surface area contributed by atoms with E-state index in [4.69, 9.17) is 4.74 Å². The van der Waals surface area contributed by atoms with E-state index in [-0.39, 0.29) is 12.5 Å². The number of anilines is 1. The predicted molar refractivity (Wildman–Crippen MR) is 81.0 cm³/mol. The van der Waals surface area contributed by atoms with Crippen LogP contribution in [0.15, 0.2) is 24.3 Å². The van der Waals surface area contributed by atoms with Gasteiger partial charge in [-0.1, -0.05) is 0 Å². The maximum absolute atomic E-state index is 11.6. The SMILES string of the molecule is CCN(c1ccc(OCC(=O)NC2CC2)cc1)S(C)(=O)=O. The van der Waals surface area contributed by atoms with Crippen LogP contribution in [0.3, 0.4) is 0 Å². The molecule has 0 saturated heterocycles. The fourth-order valence-electron chi connectivity index (χ4n) is 1.96. The Morgan fingerprint density at radius 1 is 1.33 bits per heavy atom. The average molecular weight is 312 g/mol. The quantitative estimate of drug-likeness (QED) is 0.819. The Kier molecular flexibility index (Phi) is 4.72. The molecule has 0 aromatic heterocycles. The first-order chi connectivity index (χ1) is 9.90. The molecule has 116 valence electrons. The molecular formula is C14H20N2O4S. The van der Waals surface area contributed by atoms with Crippen molar-refractivity contribution in [2.45, 2.75) is 25.8 Å². The Labute approximate surface area is 125 Å². The van der Waals surface area contributed by atoms with Gasteiger partial charge >= 0.3 is 0 Å². The van der Waals surface area contributed by atoms with Gasteiger partial charge in [0.05, 0.1) is 11.9 Å². The van der Waals surface area contributed by atoms with Gasteiger partial charge in [-0.25, -0.2) is 8.42 Å². The van der Waals surface area contributed by atoms with Crippen molar-refractivity contribution < 1.29 is 17.9 Å². The second-order valence-corrected chi connectivity index (χ2v) is 6.96. The second-order valence-electron chi connectivity index (χ2n) is 5.05. The summed E-state index contributed by atoms with van der Waals surface area (Å²) in [6, 6.07) is 6.97. The van der Waals surface area contributed by atoms with Crippen LogP contribution in [-0.2, 0) is 14.8 Å². The molecule has 1 aromatic rings. The summed E-state index contributed by atoms with van der Waals surface area (Å²) >= 11 is 0. The molecule has 2 rings (SSSR count). The third-order valence-corrected chi connectivity index (χ3v) is 4.39. The van der Waals surface area contributed by atoms with Crippen LogP contribution in [0.1, 0.15) is 19.8 Å². The molecule has 6 nitrogen and oxygen atoms in total. The van der Waals surface area contributed by atoms with E-state index in [1.165, 1.54) is 10.6 Å². The van der Waals surface area contributed by atoms with Crippen LogP contribution in [0.5, 0.6) is 5.75 Å². The molecule has 0 unspecified atom stereocenters.